The van der Waals surface area contributed by atoms with Crippen LogP contribution in [0.4, 0.5) is 10.1 Å². The first kappa shape index (κ1) is 13.8. The second-order valence-corrected chi connectivity index (χ2v) is 6.02. The smallest absolute Gasteiger partial charge is 0.146 e. The first-order chi connectivity index (χ1) is 9.65. The van der Waals surface area contributed by atoms with Crippen LogP contribution in [0.15, 0.2) is 18.2 Å². The third-order valence-corrected chi connectivity index (χ3v) is 4.62. The Bertz CT molecular complexity index is 472. The van der Waals surface area contributed by atoms with Crippen LogP contribution in [-0.4, -0.2) is 42.2 Å². The highest BCUT2D eigenvalue weighted by Gasteiger charge is 2.30. The van der Waals surface area contributed by atoms with E-state index < -0.39 is 6.10 Å². The van der Waals surface area contributed by atoms with Crippen LogP contribution >= 0.6 is 0 Å². The highest BCUT2D eigenvalue weighted by atomic mass is 19.1. The van der Waals surface area contributed by atoms with Gasteiger partial charge in [0, 0.05) is 19.1 Å². The monoisotopic (exact) mass is 278 g/mol. The summed E-state index contributed by atoms with van der Waals surface area (Å²) in [5.74, 6) is -0.217. The molecular weight excluding hydrogens is 255 g/mol. The maximum Gasteiger partial charge on any atom is 0.146 e. The highest BCUT2D eigenvalue weighted by Crippen LogP contribution is 2.28. The van der Waals surface area contributed by atoms with Gasteiger partial charge in [0.05, 0.1) is 11.8 Å². The number of nitrogens with zero attached hydrogens (tertiary/aromatic N) is 2. The molecule has 0 spiro atoms. The van der Waals surface area contributed by atoms with E-state index in [9.17, 15) is 9.50 Å². The second-order valence-electron chi connectivity index (χ2n) is 6.02. The Balaban J connectivity index is 1.71. The van der Waals surface area contributed by atoms with E-state index in [4.69, 9.17) is 0 Å². The zero-order valence-electron chi connectivity index (χ0n) is 12.1. The van der Waals surface area contributed by atoms with Gasteiger partial charge in [0.2, 0.25) is 0 Å². The molecule has 2 aliphatic rings. The van der Waals surface area contributed by atoms with Gasteiger partial charge in [-0.1, -0.05) is 6.07 Å². The summed E-state index contributed by atoms with van der Waals surface area (Å²) >= 11 is 0. The summed E-state index contributed by atoms with van der Waals surface area (Å²) in [6, 6.07) is 5.67. The summed E-state index contributed by atoms with van der Waals surface area (Å²) in [5.41, 5.74) is 1.32. The van der Waals surface area contributed by atoms with Crippen LogP contribution in [0.25, 0.3) is 0 Å². The van der Waals surface area contributed by atoms with Crippen LogP contribution in [0.1, 0.15) is 37.9 Å². The van der Waals surface area contributed by atoms with Crippen molar-refractivity contribution in [3.05, 3.63) is 29.6 Å². The normalized spacial score (nSPS) is 25.4. The zero-order valence-corrected chi connectivity index (χ0v) is 12.1. The van der Waals surface area contributed by atoms with Gasteiger partial charge >= 0.3 is 0 Å². The van der Waals surface area contributed by atoms with Crippen LogP contribution in [-0.2, 0) is 0 Å². The molecule has 4 heteroatoms. The molecule has 1 N–H and O–H groups in total. The van der Waals surface area contributed by atoms with Crippen LogP contribution < -0.4 is 4.90 Å². The molecule has 110 valence electrons. The third kappa shape index (κ3) is 2.67. The lowest BCUT2D eigenvalue weighted by Crippen LogP contribution is -2.35. The molecular formula is C16H23FN2O. The summed E-state index contributed by atoms with van der Waals surface area (Å²) in [6.07, 6.45) is 3.11. The van der Waals surface area contributed by atoms with Crippen molar-refractivity contribution in [3.8, 4) is 0 Å². The molecule has 3 rings (SSSR count). The molecule has 1 aromatic carbocycles. The number of likely N-dealkylation sites (tertiary alicyclic amines) is 1. The van der Waals surface area contributed by atoms with Crippen molar-refractivity contribution in [2.24, 2.45) is 0 Å². The second kappa shape index (κ2) is 5.70. The molecule has 2 saturated heterocycles. The fourth-order valence-electron chi connectivity index (χ4n) is 3.40. The van der Waals surface area contributed by atoms with Crippen molar-refractivity contribution in [1.82, 2.24) is 4.90 Å². The number of hydrogen-bond acceptors (Lipinski definition) is 3. The summed E-state index contributed by atoms with van der Waals surface area (Å²) in [5, 5.41) is 9.50. The van der Waals surface area contributed by atoms with Crippen LogP contribution in [0.3, 0.4) is 0 Å². The van der Waals surface area contributed by atoms with Gasteiger partial charge in [-0.15, -0.1) is 0 Å². The van der Waals surface area contributed by atoms with E-state index in [1.54, 1.807) is 6.92 Å². The molecule has 2 aliphatic heterocycles. The van der Waals surface area contributed by atoms with E-state index in [2.05, 4.69) is 9.80 Å². The number of benzene rings is 1. The molecule has 2 heterocycles. The van der Waals surface area contributed by atoms with Gasteiger partial charge in [0.25, 0.3) is 0 Å². The SMILES string of the molecule is CC(O)c1ccc(N2CCC(N3CCCC3)C2)c(F)c1. The van der Waals surface area contributed by atoms with E-state index in [-0.39, 0.29) is 5.82 Å². The number of hydrogen-bond donors (Lipinski definition) is 1. The minimum absolute atomic E-state index is 0.217. The van der Waals surface area contributed by atoms with Gasteiger partial charge in [-0.3, -0.25) is 4.90 Å². The quantitative estimate of drug-likeness (QED) is 0.920. The molecule has 0 aliphatic carbocycles. The Labute approximate surface area is 120 Å². The zero-order chi connectivity index (χ0) is 14.1. The van der Waals surface area contributed by atoms with Crippen molar-refractivity contribution in [2.75, 3.05) is 31.1 Å². The van der Waals surface area contributed by atoms with E-state index in [1.807, 2.05) is 12.1 Å². The molecule has 0 saturated carbocycles. The molecule has 0 aromatic heterocycles. The average molecular weight is 278 g/mol. The molecule has 20 heavy (non-hydrogen) atoms. The van der Waals surface area contributed by atoms with Crippen molar-refractivity contribution >= 4 is 5.69 Å². The fourth-order valence-corrected chi connectivity index (χ4v) is 3.40. The largest absolute Gasteiger partial charge is 0.389 e. The summed E-state index contributed by atoms with van der Waals surface area (Å²) < 4.78 is 14.2. The van der Waals surface area contributed by atoms with Crippen LogP contribution in [0.5, 0.6) is 0 Å². The molecule has 2 atom stereocenters. The number of anilines is 1. The highest BCUT2D eigenvalue weighted by molar-refractivity contribution is 5.50. The Kier molecular flexibility index (Phi) is 3.94. The van der Waals surface area contributed by atoms with E-state index in [0.29, 0.717) is 17.3 Å². The number of aliphatic hydroxyl groups is 1. The molecule has 1 aromatic rings. The van der Waals surface area contributed by atoms with E-state index in [0.717, 1.165) is 19.5 Å². The summed E-state index contributed by atoms with van der Waals surface area (Å²) in [7, 11) is 0. The van der Waals surface area contributed by atoms with Crippen molar-refractivity contribution in [1.29, 1.82) is 0 Å². The summed E-state index contributed by atoms with van der Waals surface area (Å²) in [4.78, 5) is 4.69. The van der Waals surface area contributed by atoms with E-state index >= 15 is 0 Å². The topological polar surface area (TPSA) is 26.7 Å². The minimum atomic E-state index is -0.616. The number of halogens is 1. The predicted molar refractivity (Wildman–Crippen MR) is 78.5 cm³/mol. The van der Waals surface area contributed by atoms with Crippen molar-refractivity contribution < 1.29 is 9.50 Å². The standard InChI is InChI=1S/C16H23FN2O/c1-12(20)13-4-5-16(15(17)10-13)19-9-6-14(11-19)18-7-2-3-8-18/h4-5,10,12,14,20H,2-3,6-9,11H2,1H3. The maximum absolute atomic E-state index is 14.2. The van der Waals surface area contributed by atoms with Crippen LogP contribution in [0.2, 0.25) is 0 Å². The number of aliphatic hydroxyl groups excluding tert-OH is 1. The average Bonchev–Trinajstić information content (AvgIpc) is 3.09. The van der Waals surface area contributed by atoms with Gasteiger partial charge in [-0.05, 0) is 57.0 Å². The van der Waals surface area contributed by atoms with Gasteiger partial charge in [-0.2, -0.15) is 0 Å². The molecule has 2 fully saturated rings. The van der Waals surface area contributed by atoms with Gasteiger partial charge in [-0.25, -0.2) is 4.39 Å². The van der Waals surface area contributed by atoms with Crippen molar-refractivity contribution in [2.45, 2.75) is 38.3 Å². The predicted octanol–water partition coefficient (Wildman–Crippen LogP) is 2.55. The van der Waals surface area contributed by atoms with Crippen molar-refractivity contribution in [3.63, 3.8) is 0 Å². The molecule has 0 bridgehead atoms. The lowest BCUT2D eigenvalue weighted by Gasteiger charge is -2.25. The van der Waals surface area contributed by atoms with Gasteiger partial charge in [0.15, 0.2) is 0 Å². The first-order valence-electron chi connectivity index (χ1n) is 7.61. The van der Waals surface area contributed by atoms with E-state index in [1.165, 1.54) is 32.0 Å². The Morgan fingerprint density at radius 2 is 2.00 bits per heavy atom. The van der Waals surface area contributed by atoms with Gasteiger partial charge < -0.3 is 10.0 Å². The van der Waals surface area contributed by atoms with Crippen LogP contribution in [0, 0.1) is 5.82 Å². The lowest BCUT2D eigenvalue weighted by atomic mass is 10.1. The Morgan fingerprint density at radius 1 is 1.25 bits per heavy atom. The number of rotatable bonds is 3. The fraction of sp³-hybridized carbons (Fsp3) is 0.625. The minimum Gasteiger partial charge on any atom is -0.389 e. The van der Waals surface area contributed by atoms with Gasteiger partial charge in [0.1, 0.15) is 5.82 Å². The molecule has 3 nitrogen and oxygen atoms in total. The Hall–Kier alpha value is -1.13. The molecule has 0 radical (unpaired) electrons. The molecule has 2 unspecified atom stereocenters. The summed E-state index contributed by atoms with van der Waals surface area (Å²) in [6.45, 7) is 5.90. The lowest BCUT2D eigenvalue weighted by molar-refractivity contribution is 0.199. The Morgan fingerprint density at radius 3 is 2.65 bits per heavy atom. The molecule has 0 amide bonds. The first-order valence-corrected chi connectivity index (χ1v) is 7.61. The maximum atomic E-state index is 14.2. The third-order valence-electron chi connectivity index (χ3n) is 4.62.